The summed E-state index contributed by atoms with van der Waals surface area (Å²) in [6, 6.07) is 19.9. The smallest absolute Gasteiger partial charge is 0.274 e. The molecular formula is C24H26N8O. The van der Waals surface area contributed by atoms with Crippen LogP contribution in [0, 0.1) is 6.92 Å². The number of carbonyl (C=O) groups excluding carboxylic acids is 1. The molecule has 1 aliphatic heterocycles. The highest BCUT2D eigenvalue weighted by atomic mass is 16.2. The number of piperazine rings is 1. The first kappa shape index (κ1) is 21.0. The van der Waals surface area contributed by atoms with Gasteiger partial charge in [-0.05, 0) is 29.3 Å². The Kier molecular flexibility index (Phi) is 5.95. The van der Waals surface area contributed by atoms with Crippen LogP contribution in [0.3, 0.4) is 0 Å². The molecular weight excluding hydrogens is 416 g/mol. The van der Waals surface area contributed by atoms with E-state index >= 15 is 0 Å². The number of tetrazole rings is 1. The molecule has 0 N–H and O–H groups in total. The molecule has 9 heteroatoms. The molecule has 33 heavy (non-hydrogen) atoms. The summed E-state index contributed by atoms with van der Waals surface area (Å²) in [5, 5.41) is 17.0. The van der Waals surface area contributed by atoms with E-state index in [1.165, 1.54) is 15.9 Å². The van der Waals surface area contributed by atoms with Crippen molar-refractivity contribution in [3.8, 4) is 11.4 Å². The lowest BCUT2D eigenvalue weighted by Gasteiger charge is -2.34. The minimum Gasteiger partial charge on any atom is -0.335 e. The van der Waals surface area contributed by atoms with Gasteiger partial charge in [-0.3, -0.25) is 9.69 Å². The summed E-state index contributed by atoms with van der Waals surface area (Å²) in [5.74, 6) is 0.517. The molecule has 1 amide bonds. The molecule has 5 rings (SSSR count). The second-order valence-corrected chi connectivity index (χ2v) is 8.23. The van der Waals surface area contributed by atoms with Gasteiger partial charge in [0.1, 0.15) is 5.69 Å². The van der Waals surface area contributed by atoms with Crippen LogP contribution in [0.2, 0.25) is 0 Å². The van der Waals surface area contributed by atoms with E-state index < -0.39 is 0 Å². The molecule has 1 aliphatic rings. The van der Waals surface area contributed by atoms with Crippen LogP contribution in [0.25, 0.3) is 11.4 Å². The molecule has 168 valence electrons. The Labute approximate surface area is 192 Å². The van der Waals surface area contributed by atoms with Gasteiger partial charge < -0.3 is 4.90 Å². The average molecular weight is 443 g/mol. The normalized spacial score (nSPS) is 14.5. The van der Waals surface area contributed by atoms with E-state index in [2.05, 4.69) is 56.6 Å². The van der Waals surface area contributed by atoms with Gasteiger partial charge in [0, 0.05) is 44.5 Å². The zero-order chi connectivity index (χ0) is 22.6. The second kappa shape index (κ2) is 9.33. The van der Waals surface area contributed by atoms with Gasteiger partial charge in [-0.2, -0.15) is 5.10 Å². The van der Waals surface area contributed by atoms with E-state index in [9.17, 15) is 4.79 Å². The Morgan fingerprint density at radius 1 is 0.909 bits per heavy atom. The number of rotatable bonds is 6. The zero-order valence-electron chi connectivity index (χ0n) is 18.6. The highest BCUT2D eigenvalue weighted by Gasteiger charge is 2.24. The van der Waals surface area contributed by atoms with Gasteiger partial charge >= 0.3 is 0 Å². The van der Waals surface area contributed by atoms with Crippen molar-refractivity contribution in [3.63, 3.8) is 0 Å². The van der Waals surface area contributed by atoms with Crippen LogP contribution in [0.15, 0.2) is 66.9 Å². The van der Waals surface area contributed by atoms with E-state index in [1.54, 1.807) is 16.9 Å². The summed E-state index contributed by atoms with van der Waals surface area (Å²) >= 11 is 0. The van der Waals surface area contributed by atoms with Crippen LogP contribution in [0.4, 0.5) is 0 Å². The van der Waals surface area contributed by atoms with Gasteiger partial charge in [0.2, 0.25) is 5.82 Å². The molecule has 2 aromatic heterocycles. The number of benzene rings is 2. The fourth-order valence-corrected chi connectivity index (χ4v) is 3.99. The minimum absolute atomic E-state index is 0.0409. The Morgan fingerprint density at radius 3 is 2.45 bits per heavy atom. The number of nitrogens with zero attached hydrogens (tertiary/aromatic N) is 8. The van der Waals surface area contributed by atoms with Crippen LogP contribution < -0.4 is 0 Å². The van der Waals surface area contributed by atoms with Crippen LogP contribution in [0.5, 0.6) is 0 Å². The van der Waals surface area contributed by atoms with Gasteiger partial charge in [-0.25, -0.2) is 4.68 Å². The molecule has 9 nitrogen and oxygen atoms in total. The predicted octanol–water partition coefficient (Wildman–Crippen LogP) is 2.31. The first-order chi connectivity index (χ1) is 16.2. The van der Waals surface area contributed by atoms with Crippen molar-refractivity contribution in [2.24, 2.45) is 0 Å². The maximum absolute atomic E-state index is 13.0. The van der Waals surface area contributed by atoms with Gasteiger partial charge in [0.15, 0.2) is 6.67 Å². The molecule has 0 bridgehead atoms. The molecule has 0 saturated carbocycles. The third-order valence-corrected chi connectivity index (χ3v) is 5.93. The first-order valence-corrected chi connectivity index (χ1v) is 11.1. The van der Waals surface area contributed by atoms with E-state index in [0.717, 1.165) is 25.2 Å². The number of carbonyl (C=O) groups is 1. The van der Waals surface area contributed by atoms with Gasteiger partial charge in [-0.1, -0.05) is 54.6 Å². The topological polar surface area (TPSA) is 85.0 Å². The minimum atomic E-state index is -0.0409. The number of aromatic nitrogens is 6. The highest BCUT2D eigenvalue weighted by Crippen LogP contribution is 2.14. The van der Waals surface area contributed by atoms with Crippen LogP contribution in [0.1, 0.15) is 21.6 Å². The van der Waals surface area contributed by atoms with Gasteiger partial charge in [0.05, 0.1) is 0 Å². The fourth-order valence-electron chi connectivity index (χ4n) is 3.99. The van der Waals surface area contributed by atoms with Crippen molar-refractivity contribution in [2.45, 2.75) is 20.1 Å². The fraction of sp³-hybridized carbons (Fsp3) is 0.292. The molecule has 4 aromatic rings. The first-order valence-electron chi connectivity index (χ1n) is 11.1. The summed E-state index contributed by atoms with van der Waals surface area (Å²) < 4.78 is 1.65. The average Bonchev–Trinajstić information content (AvgIpc) is 3.51. The van der Waals surface area contributed by atoms with Crippen molar-refractivity contribution in [3.05, 3.63) is 83.7 Å². The van der Waals surface area contributed by atoms with Crippen LogP contribution in [-0.2, 0) is 13.2 Å². The maximum atomic E-state index is 13.0. The maximum Gasteiger partial charge on any atom is 0.274 e. The van der Waals surface area contributed by atoms with Crippen molar-refractivity contribution < 1.29 is 4.79 Å². The highest BCUT2D eigenvalue weighted by molar-refractivity contribution is 5.92. The molecule has 0 radical (unpaired) electrons. The Bertz CT molecular complexity index is 1220. The standard InChI is InChI=1S/C24H26N8O/c1-19-7-5-6-10-21(19)17-29-13-15-30(16-14-29)24(33)22-11-12-31(26-22)18-32-27-23(25-28-32)20-8-3-2-4-9-20/h2-12H,13-18H2,1H3. The Morgan fingerprint density at radius 2 is 1.67 bits per heavy atom. The summed E-state index contributed by atoms with van der Waals surface area (Å²) in [5.41, 5.74) is 3.99. The van der Waals surface area contributed by atoms with E-state index in [4.69, 9.17) is 0 Å². The number of amides is 1. The third-order valence-electron chi connectivity index (χ3n) is 5.93. The van der Waals surface area contributed by atoms with E-state index in [-0.39, 0.29) is 12.6 Å². The molecule has 0 unspecified atom stereocenters. The lowest BCUT2D eigenvalue weighted by atomic mass is 10.1. The van der Waals surface area contributed by atoms with Crippen molar-refractivity contribution in [1.82, 2.24) is 39.8 Å². The van der Waals surface area contributed by atoms with Crippen molar-refractivity contribution in [1.29, 1.82) is 0 Å². The summed E-state index contributed by atoms with van der Waals surface area (Å²) in [6.07, 6.45) is 1.77. The molecule has 1 fully saturated rings. The van der Waals surface area contributed by atoms with E-state index in [0.29, 0.717) is 24.6 Å². The largest absolute Gasteiger partial charge is 0.335 e. The summed E-state index contributed by atoms with van der Waals surface area (Å²) in [4.78, 5) is 18.7. The van der Waals surface area contributed by atoms with Crippen LogP contribution in [-0.4, -0.2) is 71.9 Å². The summed E-state index contributed by atoms with van der Waals surface area (Å²) in [6.45, 7) is 6.45. The molecule has 0 aliphatic carbocycles. The number of hydrogen-bond acceptors (Lipinski definition) is 6. The predicted molar refractivity (Wildman–Crippen MR) is 123 cm³/mol. The third kappa shape index (κ3) is 4.83. The van der Waals surface area contributed by atoms with Crippen molar-refractivity contribution in [2.75, 3.05) is 26.2 Å². The summed E-state index contributed by atoms with van der Waals surface area (Å²) in [7, 11) is 0. The second-order valence-electron chi connectivity index (χ2n) is 8.23. The Balaban J connectivity index is 1.16. The lowest BCUT2D eigenvalue weighted by molar-refractivity contribution is 0.0621. The molecule has 3 heterocycles. The van der Waals surface area contributed by atoms with Crippen molar-refractivity contribution >= 4 is 5.91 Å². The van der Waals surface area contributed by atoms with Gasteiger partial charge in [-0.15, -0.1) is 15.0 Å². The quantitative estimate of drug-likeness (QED) is 0.456. The lowest BCUT2D eigenvalue weighted by Crippen LogP contribution is -2.48. The Hall–Kier alpha value is -3.85. The molecule has 1 saturated heterocycles. The SMILES string of the molecule is Cc1ccccc1CN1CCN(C(=O)c2ccn(Cn3nnc(-c4ccccc4)n3)n2)CC1. The van der Waals surface area contributed by atoms with E-state index in [1.807, 2.05) is 35.2 Å². The zero-order valence-corrected chi connectivity index (χ0v) is 18.6. The molecule has 0 spiro atoms. The monoisotopic (exact) mass is 442 g/mol. The molecule has 2 aromatic carbocycles. The molecule has 0 atom stereocenters. The number of aryl methyl sites for hydroxylation is 1. The number of hydrogen-bond donors (Lipinski definition) is 0. The van der Waals surface area contributed by atoms with Gasteiger partial charge in [0.25, 0.3) is 5.91 Å². The van der Waals surface area contributed by atoms with Crippen LogP contribution >= 0.6 is 0 Å².